The molecule has 0 fully saturated rings. The first-order valence-electron chi connectivity index (χ1n) is 10.4. The topological polar surface area (TPSA) is 100 Å². The number of nitrogens with one attached hydrogen (secondary N) is 2. The van der Waals surface area contributed by atoms with Crippen LogP contribution >= 0.6 is 0 Å². The maximum absolute atomic E-state index is 12.8. The third kappa shape index (κ3) is 3.25. The van der Waals surface area contributed by atoms with Gasteiger partial charge in [-0.1, -0.05) is 6.07 Å². The number of methoxy groups -OCH3 is 1. The first-order valence-corrected chi connectivity index (χ1v) is 11.6. The highest BCUT2D eigenvalue weighted by atomic mass is 32.2. The lowest BCUT2D eigenvalue weighted by molar-refractivity contribution is 0.179. The van der Waals surface area contributed by atoms with E-state index in [1.165, 1.54) is 28.5 Å². The molecule has 0 saturated heterocycles. The van der Waals surface area contributed by atoms with Crippen LogP contribution in [0.5, 0.6) is 5.88 Å². The fourth-order valence-corrected chi connectivity index (χ4v) is 5.73. The van der Waals surface area contributed by atoms with E-state index >= 15 is 0 Å². The number of fused-ring (bicyclic) bond motifs is 3. The molecule has 1 unspecified atom stereocenters. The van der Waals surface area contributed by atoms with Gasteiger partial charge in [0.15, 0.2) is 0 Å². The molecule has 1 aromatic heterocycles. The maximum atomic E-state index is 12.8. The number of rotatable bonds is 5. The van der Waals surface area contributed by atoms with Crippen LogP contribution in [0.2, 0.25) is 0 Å². The number of urea groups is 1. The van der Waals surface area contributed by atoms with Crippen LogP contribution in [0.25, 0.3) is 0 Å². The predicted octanol–water partition coefficient (Wildman–Crippen LogP) is 2.85. The normalized spacial score (nSPS) is 22.2. The number of carbonyl (C=O) groups excluding carboxylic acids is 1. The van der Waals surface area contributed by atoms with Gasteiger partial charge in [0.2, 0.25) is 0 Å². The fraction of sp³-hybridized carbons (Fsp3) is 0.524. The Balaban J connectivity index is 1.38. The molecule has 5 rings (SSSR count). The van der Waals surface area contributed by atoms with Crippen molar-refractivity contribution in [2.45, 2.75) is 55.9 Å². The summed E-state index contributed by atoms with van der Waals surface area (Å²) in [4.78, 5) is 13.2. The molecule has 3 aliphatic rings. The van der Waals surface area contributed by atoms with Gasteiger partial charge >= 0.3 is 6.03 Å². The zero-order valence-electron chi connectivity index (χ0n) is 17.2. The highest BCUT2D eigenvalue weighted by Gasteiger charge is 2.34. The van der Waals surface area contributed by atoms with Gasteiger partial charge in [-0.3, -0.25) is 0 Å². The SMILES string of the molecule is COC[C@@H]1CCc2cc3c(c(NC(=O)N[S+]([O-])c4cnn5c4OC[C@@H]5C)c21)CCC3. The molecule has 2 aliphatic carbocycles. The van der Waals surface area contributed by atoms with E-state index in [1.807, 2.05) is 6.92 Å². The van der Waals surface area contributed by atoms with E-state index in [0.717, 1.165) is 37.8 Å². The first-order chi connectivity index (χ1) is 14.6. The zero-order chi connectivity index (χ0) is 20.8. The second-order valence-electron chi connectivity index (χ2n) is 8.25. The molecule has 160 valence electrons. The van der Waals surface area contributed by atoms with Crippen LogP contribution in [0.15, 0.2) is 17.2 Å². The van der Waals surface area contributed by atoms with E-state index in [1.54, 1.807) is 11.8 Å². The molecule has 0 radical (unpaired) electrons. The summed E-state index contributed by atoms with van der Waals surface area (Å²) in [5.41, 5.74) is 5.90. The molecule has 2 N–H and O–H groups in total. The van der Waals surface area contributed by atoms with Crippen molar-refractivity contribution in [1.29, 1.82) is 0 Å². The second-order valence-corrected chi connectivity index (χ2v) is 9.43. The Bertz CT molecular complexity index is 992. The van der Waals surface area contributed by atoms with E-state index in [2.05, 4.69) is 21.2 Å². The van der Waals surface area contributed by atoms with Crippen molar-refractivity contribution in [3.63, 3.8) is 0 Å². The molecule has 9 heteroatoms. The van der Waals surface area contributed by atoms with Crippen molar-refractivity contribution in [2.24, 2.45) is 0 Å². The lowest BCUT2D eigenvalue weighted by Crippen LogP contribution is -2.35. The van der Waals surface area contributed by atoms with Gasteiger partial charge in [-0.15, -0.1) is 4.72 Å². The minimum Gasteiger partial charge on any atom is -0.588 e. The van der Waals surface area contributed by atoms with Crippen LogP contribution in [-0.4, -0.2) is 40.7 Å². The van der Waals surface area contributed by atoms with Gasteiger partial charge in [0.1, 0.15) is 24.2 Å². The summed E-state index contributed by atoms with van der Waals surface area (Å²) in [5.74, 6) is 0.730. The summed E-state index contributed by atoms with van der Waals surface area (Å²) in [6.07, 6.45) is 6.59. The van der Waals surface area contributed by atoms with E-state index < -0.39 is 17.4 Å². The third-order valence-corrected chi connectivity index (χ3v) is 7.34. The summed E-state index contributed by atoms with van der Waals surface area (Å²) in [6.45, 7) is 3.10. The number of hydrogen-bond donors (Lipinski definition) is 2. The van der Waals surface area contributed by atoms with E-state index in [4.69, 9.17) is 9.47 Å². The molecule has 1 aromatic carbocycles. The number of nitrogens with zero attached hydrogens (tertiary/aromatic N) is 2. The van der Waals surface area contributed by atoms with Gasteiger partial charge in [0, 0.05) is 18.7 Å². The van der Waals surface area contributed by atoms with E-state index in [0.29, 0.717) is 24.0 Å². The van der Waals surface area contributed by atoms with Crippen LogP contribution in [0.3, 0.4) is 0 Å². The highest BCUT2D eigenvalue weighted by molar-refractivity contribution is 7.90. The average molecular weight is 431 g/mol. The van der Waals surface area contributed by atoms with Gasteiger partial charge in [0.25, 0.3) is 10.8 Å². The Hall–Kier alpha value is -2.23. The third-order valence-electron chi connectivity index (χ3n) is 6.28. The molecule has 0 spiro atoms. The maximum Gasteiger partial charge on any atom is 0.361 e. The zero-order valence-corrected chi connectivity index (χ0v) is 18.0. The molecular weight excluding hydrogens is 404 g/mol. The molecule has 2 amide bonds. The van der Waals surface area contributed by atoms with Crippen LogP contribution in [-0.2, 0) is 35.4 Å². The number of amides is 2. The number of aryl methyl sites for hydroxylation is 2. The van der Waals surface area contributed by atoms with E-state index in [-0.39, 0.29) is 12.0 Å². The van der Waals surface area contributed by atoms with Crippen molar-refractivity contribution in [2.75, 3.05) is 25.6 Å². The number of ether oxygens (including phenoxy) is 2. The summed E-state index contributed by atoms with van der Waals surface area (Å²) in [6, 6.07) is 1.92. The monoisotopic (exact) mass is 430 g/mol. The minimum atomic E-state index is -1.76. The minimum absolute atomic E-state index is 0.0896. The van der Waals surface area contributed by atoms with Crippen molar-refractivity contribution in [1.82, 2.24) is 14.5 Å². The van der Waals surface area contributed by atoms with Crippen LogP contribution in [0.4, 0.5) is 10.5 Å². The lowest BCUT2D eigenvalue weighted by Gasteiger charge is -2.20. The molecule has 0 saturated carbocycles. The van der Waals surface area contributed by atoms with Gasteiger partial charge in [0.05, 0.1) is 12.6 Å². The first kappa shape index (κ1) is 19.7. The van der Waals surface area contributed by atoms with Crippen molar-refractivity contribution >= 4 is 23.1 Å². The molecule has 3 atom stereocenters. The number of aromatic nitrogens is 2. The largest absolute Gasteiger partial charge is 0.588 e. The summed E-state index contributed by atoms with van der Waals surface area (Å²) >= 11 is -1.76. The fourth-order valence-electron chi connectivity index (χ4n) is 4.94. The quantitative estimate of drug-likeness (QED) is 0.711. The van der Waals surface area contributed by atoms with Crippen LogP contribution in [0.1, 0.15) is 54.0 Å². The Morgan fingerprint density at radius 1 is 1.40 bits per heavy atom. The highest BCUT2D eigenvalue weighted by Crippen LogP contribution is 2.44. The molecule has 2 heterocycles. The van der Waals surface area contributed by atoms with Gasteiger partial charge in [-0.2, -0.15) is 5.10 Å². The molecule has 30 heavy (non-hydrogen) atoms. The number of anilines is 1. The summed E-state index contributed by atoms with van der Waals surface area (Å²) in [7, 11) is 1.71. The smallest absolute Gasteiger partial charge is 0.361 e. The van der Waals surface area contributed by atoms with Crippen molar-refractivity contribution < 1.29 is 18.8 Å². The number of carbonyl (C=O) groups is 1. The Labute approximate surface area is 178 Å². The number of benzene rings is 1. The molecule has 2 aromatic rings. The van der Waals surface area contributed by atoms with Crippen LogP contribution < -0.4 is 14.8 Å². The van der Waals surface area contributed by atoms with Gasteiger partial charge in [-0.05, 0) is 61.3 Å². The number of hydrogen-bond acceptors (Lipinski definition) is 5. The van der Waals surface area contributed by atoms with Crippen molar-refractivity contribution in [3.05, 3.63) is 34.5 Å². The second kappa shape index (κ2) is 7.79. The Morgan fingerprint density at radius 2 is 2.27 bits per heavy atom. The summed E-state index contributed by atoms with van der Waals surface area (Å²) in [5, 5.41) is 7.26. The standard InChI is InChI=1S/C21H26N4O4S/c1-12-10-29-20-17(9-22-25(12)20)30(27)24-21(26)23-19-16-5-3-4-13(16)8-14-6-7-15(11-28-2)18(14)19/h8-9,12,15H,3-7,10-11H2,1-2H3,(H2,23,24,26)/t12-,15-,30?/m0/s1. The molecule has 8 nitrogen and oxygen atoms in total. The van der Waals surface area contributed by atoms with Crippen molar-refractivity contribution in [3.8, 4) is 5.88 Å². The van der Waals surface area contributed by atoms with Crippen LogP contribution in [0, 0.1) is 0 Å². The van der Waals surface area contributed by atoms with Gasteiger partial charge < -0.3 is 19.3 Å². The molecule has 0 bridgehead atoms. The molecule has 1 aliphatic heterocycles. The average Bonchev–Trinajstić information content (AvgIpc) is 3.48. The predicted molar refractivity (Wildman–Crippen MR) is 112 cm³/mol. The van der Waals surface area contributed by atoms with E-state index in [9.17, 15) is 9.35 Å². The Morgan fingerprint density at radius 3 is 3.10 bits per heavy atom. The van der Waals surface area contributed by atoms with Gasteiger partial charge in [-0.25, -0.2) is 9.48 Å². The summed E-state index contributed by atoms with van der Waals surface area (Å²) < 4.78 is 28.1. The Kier molecular flexibility index (Phi) is 5.12. The molecular formula is C21H26N4O4S. The lowest BCUT2D eigenvalue weighted by atomic mass is 9.94.